The van der Waals surface area contributed by atoms with Crippen LogP contribution in [0.15, 0.2) is 0 Å². The number of phosphoric ester groups is 1. The van der Waals surface area contributed by atoms with Gasteiger partial charge in [-0.05, 0) is 12.8 Å². The van der Waals surface area contributed by atoms with Crippen molar-refractivity contribution < 1.29 is 37.6 Å². The summed E-state index contributed by atoms with van der Waals surface area (Å²) in [6, 6.07) is 0. The van der Waals surface area contributed by atoms with Crippen molar-refractivity contribution in [2.75, 3.05) is 26.4 Å². The largest absolute Gasteiger partial charge is 0.472 e. The number of nitrogens with two attached hydrogens (primary N) is 1. The maximum atomic E-state index is 12.6. The molecular weight excluding hydrogens is 750 g/mol. The first-order chi connectivity index (χ1) is 28.3. The lowest BCUT2D eigenvalue weighted by molar-refractivity contribution is -0.161. The number of rotatable bonds is 48. The summed E-state index contributed by atoms with van der Waals surface area (Å²) in [6.45, 7) is 3.80. The summed E-state index contributed by atoms with van der Waals surface area (Å²) in [5, 5.41) is 0. The molecule has 0 saturated heterocycles. The van der Waals surface area contributed by atoms with Crippen LogP contribution in [-0.2, 0) is 32.7 Å². The zero-order chi connectivity index (χ0) is 42.5. The molecule has 0 fully saturated rings. The van der Waals surface area contributed by atoms with Crippen molar-refractivity contribution in [1.82, 2.24) is 0 Å². The first kappa shape index (κ1) is 57.0. The lowest BCUT2D eigenvalue weighted by Crippen LogP contribution is -2.29. The summed E-state index contributed by atoms with van der Waals surface area (Å²) >= 11 is 0. The smallest absolute Gasteiger partial charge is 0.462 e. The molecule has 0 heterocycles. The molecule has 1 unspecified atom stereocenters. The van der Waals surface area contributed by atoms with E-state index in [0.717, 1.165) is 32.1 Å². The van der Waals surface area contributed by atoms with Gasteiger partial charge in [0.1, 0.15) is 6.61 Å². The molecule has 0 rings (SSSR count). The van der Waals surface area contributed by atoms with Crippen molar-refractivity contribution in [1.29, 1.82) is 0 Å². The second-order valence-corrected chi connectivity index (χ2v) is 18.5. The second kappa shape index (κ2) is 45.5. The van der Waals surface area contributed by atoms with Gasteiger partial charge in [0.25, 0.3) is 0 Å². The van der Waals surface area contributed by atoms with E-state index in [1.807, 2.05) is 0 Å². The minimum absolute atomic E-state index is 0.0583. The predicted octanol–water partition coefficient (Wildman–Crippen LogP) is 14.8. The highest BCUT2D eigenvalue weighted by Crippen LogP contribution is 2.43. The van der Waals surface area contributed by atoms with Gasteiger partial charge in [-0.1, -0.05) is 239 Å². The number of phosphoric acid groups is 1. The third-order valence-corrected chi connectivity index (χ3v) is 12.2. The monoisotopic (exact) mass is 846 g/mol. The molecule has 0 bridgehead atoms. The molecular formula is C48H96NO8P. The molecule has 0 aromatic heterocycles. The van der Waals surface area contributed by atoms with E-state index in [1.54, 1.807) is 0 Å². The molecule has 0 aliphatic carbocycles. The maximum Gasteiger partial charge on any atom is 0.472 e. The first-order valence-corrected chi connectivity index (χ1v) is 26.5. The van der Waals surface area contributed by atoms with Crippen molar-refractivity contribution in [3.63, 3.8) is 0 Å². The molecule has 0 aromatic carbocycles. The first-order valence-electron chi connectivity index (χ1n) is 25.0. The van der Waals surface area contributed by atoms with E-state index >= 15 is 0 Å². The summed E-state index contributed by atoms with van der Waals surface area (Å²) in [5.41, 5.74) is 5.36. The van der Waals surface area contributed by atoms with Crippen LogP contribution in [-0.4, -0.2) is 49.3 Å². The number of hydrogen-bond acceptors (Lipinski definition) is 8. The topological polar surface area (TPSA) is 134 Å². The van der Waals surface area contributed by atoms with Gasteiger partial charge in [0.2, 0.25) is 0 Å². The fraction of sp³-hybridized carbons (Fsp3) is 0.958. The fourth-order valence-electron chi connectivity index (χ4n) is 7.52. The Labute approximate surface area is 358 Å². The summed E-state index contributed by atoms with van der Waals surface area (Å²) in [6.07, 6.45) is 47.1. The van der Waals surface area contributed by atoms with Gasteiger partial charge in [-0.2, -0.15) is 0 Å². The Morgan fingerprint density at radius 3 is 1.05 bits per heavy atom. The number of hydrogen-bond donors (Lipinski definition) is 2. The van der Waals surface area contributed by atoms with Gasteiger partial charge < -0.3 is 20.1 Å². The number of carbonyl (C=O) groups excluding carboxylic acids is 2. The van der Waals surface area contributed by atoms with E-state index in [1.165, 1.54) is 199 Å². The van der Waals surface area contributed by atoms with Gasteiger partial charge in [-0.3, -0.25) is 18.6 Å². The molecule has 0 spiro atoms. The van der Waals surface area contributed by atoms with E-state index in [2.05, 4.69) is 13.8 Å². The summed E-state index contributed by atoms with van der Waals surface area (Å²) in [5.74, 6) is -0.808. The molecule has 0 aliphatic rings. The van der Waals surface area contributed by atoms with E-state index in [4.69, 9.17) is 24.3 Å². The van der Waals surface area contributed by atoms with Gasteiger partial charge in [-0.25, -0.2) is 4.57 Å². The SMILES string of the molecule is CCCCCCCCCCCCCCCCCCCCCCCCC(=O)O[C@H](COC(=O)CCCCCCCCCCCCCCCCC)COP(=O)(O)OCCN. The molecule has 0 radical (unpaired) electrons. The zero-order valence-corrected chi connectivity index (χ0v) is 39.2. The van der Waals surface area contributed by atoms with E-state index in [-0.39, 0.29) is 38.6 Å². The lowest BCUT2D eigenvalue weighted by atomic mass is 10.0. The number of esters is 2. The van der Waals surface area contributed by atoms with Crippen LogP contribution in [0.1, 0.15) is 264 Å². The van der Waals surface area contributed by atoms with E-state index in [9.17, 15) is 19.0 Å². The van der Waals surface area contributed by atoms with Crippen molar-refractivity contribution in [3.8, 4) is 0 Å². The summed E-state index contributed by atoms with van der Waals surface area (Å²) in [4.78, 5) is 35.0. The third kappa shape index (κ3) is 44.6. The quantitative estimate of drug-likeness (QED) is 0.0349. The molecule has 9 nitrogen and oxygen atoms in total. The Bertz CT molecular complexity index is 922. The Morgan fingerprint density at radius 2 is 0.741 bits per heavy atom. The maximum absolute atomic E-state index is 12.6. The third-order valence-electron chi connectivity index (χ3n) is 11.2. The van der Waals surface area contributed by atoms with Crippen molar-refractivity contribution in [3.05, 3.63) is 0 Å². The van der Waals surface area contributed by atoms with Crippen LogP contribution in [0.3, 0.4) is 0 Å². The van der Waals surface area contributed by atoms with Crippen LogP contribution in [0, 0.1) is 0 Å². The minimum atomic E-state index is -4.37. The van der Waals surface area contributed by atoms with Crippen LogP contribution in [0.2, 0.25) is 0 Å². The average Bonchev–Trinajstić information content (AvgIpc) is 3.21. The molecule has 346 valence electrons. The van der Waals surface area contributed by atoms with Gasteiger partial charge >= 0.3 is 19.8 Å². The van der Waals surface area contributed by atoms with E-state index in [0.29, 0.717) is 6.42 Å². The standard InChI is InChI=1S/C48H96NO8P/c1-3-5-7-9-11-13-15-17-19-20-21-22-23-24-25-27-29-31-33-35-37-39-41-48(51)57-46(45-56-58(52,53)55-43-42-49)44-54-47(50)40-38-36-34-32-30-28-26-18-16-14-12-10-8-6-4-2/h46H,3-45,49H2,1-2H3,(H,52,53)/t46-/m1/s1. The van der Waals surface area contributed by atoms with Crippen molar-refractivity contribution in [2.24, 2.45) is 5.73 Å². The normalized spacial score (nSPS) is 13.1. The molecule has 0 saturated carbocycles. The van der Waals surface area contributed by atoms with Crippen LogP contribution < -0.4 is 5.73 Å². The highest BCUT2D eigenvalue weighted by atomic mass is 31.2. The van der Waals surface area contributed by atoms with Gasteiger partial charge in [0, 0.05) is 19.4 Å². The van der Waals surface area contributed by atoms with Crippen LogP contribution in [0.25, 0.3) is 0 Å². The molecule has 0 amide bonds. The predicted molar refractivity (Wildman–Crippen MR) is 243 cm³/mol. The Kier molecular flexibility index (Phi) is 44.8. The van der Waals surface area contributed by atoms with Crippen LogP contribution in [0.5, 0.6) is 0 Å². The molecule has 0 aromatic rings. The van der Waals surface area contributed by atoms with Gasteiger partial charge in [0.05, 0.1) is 13.2 Å². The molecule has 0 aliphatic heterocycles. The number of carbonyl (C=O) groups is 2. The number of unbranched alkanes of at least 4 members (excludes halogenated alkanes) is 35. The van der Waals surface area contributed by atoms with E-state index < -0.39 is 26.5 Å². The van der Waals surface area contributed by atoms with Gasteiger partial charge in [-0.15, -0.1) is 0 Å². The Hall–Kier alpha value is -0.990. The van der Waals surface area contributed by atoms with Gasteiger partial charge in [0.15, 0.2) is 6.10 Å². The second-order valence-electron chi connectivity index (χ2n) is 17.1. The highest BCUT2D eigenvalue weighted by molar-refractivity contribution is 7.47. The summed E-state index contributed by atoms with van der Waals surface area (Å²) in [7, 11) is -4.37. The zero-order valence-electron chi connectivity index (χ0n) is 38.3. The average molecular weight is 846 g/mol. The lowest BCUT2D eigenvalue weighted by Gasteiger charge is -2.19. The Morgan fingerprint density at radius 1 is 0.448 bits per heavy atom. The molecule has 2 atom stereocenters. The molecule has 10 heteroatoms. The minimum Gasteiger partial charge on any atom is -0.462 e. The van der Waals surface area contributed by atoms with Crippen LogP contribution >= 0.6 is 7.82 Å². The highest BCUT2D eigenvalue weighted by Gasteiger charge is 2.26. The Balaban J connectivity index is 3.98. The summed E-state index contributed by atoms with van der Waals surface area (Å²) < 4.78 is 32.9. The fourth-order valence-corrected chi connectivity index (χ4v) is 8.29. The molecule has 58 heavy (non-hydrogen) atoms. The molecule has 3 N–H and O–H groups in total. The van der Waals surface area contributed by atoms with Crippen molar-refractivity contribution in [2.45, 2.75) is 270 Å². The number of ether oxygens (including phenoxy) is 2. The van der Waals surface area contributed by atoms with Crippen LogP contribution in [0.4, 0.5) is 0 Å². The van der Waals surface area contributed by atoms with Crippen molar-refractivity contribution >= 4 is 19.8 Å².